The van der Waals surface area contributed by atoms with Gasteiger partial charge < -0.3 is 5.11 Å². The number of nitriles is 1. The molecule has 0 unspecified atom stereocenters. The van der Waals surface area contributed by atoms with Crippen LogP contribution in [0.25, 0.3) is 0 Å². The van der Waals surface area contributed by atoms with Gasteiger partial charge in [0.05, 0.1) is 11.6 Å². The van der Waals surface area contributed by atoms with Crippen LogP contribution in [-0.4, -0.2) is 11.5 Å². The summed E-state index contributed by atoms with van der Waals surface area (Å²) in [5, 5.41) is 17.9. The molecule has 0 amide bonds. The van der Waals surface area contributed by atoms with Crippen LogP contribution in [0.15, 0.2) is 24.3 Å². The van der Waals surface area contributed by atoms with Crippen LogP contribution in [-0.2, 0) is 5.60 Å². The van der Waals surface area contributed by atoms with Gasteiger partial charge in [-0.05, 0) is 24.6 Å². The minimum atomic E-state index is -2.85. The zero-order valence-corrected chi connectivity index (χ0v) is 7.54. The highest BCUT2D eigenvalue weighted by atomic mass is 19.3. The molecule has 2 nitrogen and oxygen atoms in total. The Labute approximate surface area is 80.4 Å². The molecule has 0 fully saturated rings. The van der Waals surface area contributed by atoms with Crippen LogP contribution in [0, 0.1) is 11.3 Å². The Bertz CT molecular complexity index is 351. The number of benzene rings is 1. The molecule has 1 atom stereocenters. The van der Waals surface area contributed by atoms with Gasteiger partial charge in [0.1, 0.15) is 5.60 Å². The van der Waals surface area contributed by atoms with E-state index < -0.39 is 12.0 Å². The fourth-order valence-corrected chi connectivity index (χ4v) is 1.01. The molecule has 0 aliphatic rings. The third kappa shape index (κ3) is 1.88. The number of hydrogen-bond acceptors (Lipinski definition) is 2. The summed E-state index contributed by atoms with van der Waals surface area (Å²) in [6.07, 6.45) is -2.85. The summed E-state index contributed by atoms with van der Waals surface area (Å²) in [5.74, 6) is 0. The lowest BCUT2D eigenvalue weighted by Crippen LogP contribution is -2.30. The average molecular weight is 197 g/mol. The summed E-state index contributed by atoms with van der Waals surface area (Å²) >= 11 is 0. The van der Waals surface area contributed by atoms with Crippen molar-refractivity contribution >= 4 is 0 Å². The Hall–Kier alpha value is -1.47. The summed E-state index contributed by atoms with van der Waals surface area (Å²) in [4.78, 5) is 0. The van der Waals surface area contributed by atoms with Gasteiger partial charge in [0.25, 0.3) is 6.43 Å². The molecule has 0 heterocycles. The highest BCUT2D eigenvalue weighted by molar-refractivity contribution is 5.34. The van der Waals surface area contributed by atoms with Crippen LogP contribution >= 0.6 is 0 Å². The Morgan fingerprint density at radius 3 is 2.21 bits per heavy atom. The van der Waals surface area contributed by atoms with E-state index in [1.165, 1.54) is 24.3 Å². The van der Waals surface area contributed by atoms with Gasteiger partial charge in [-0.1, -0.05) is 12.1 Å². The van der Waals surface area contributed by atoms with Crippen molar-refractivity contribution in [3.05, 3.63) is 35.4 Å². The van der Waals surface area contributed by atoms with Gasteiger partial charge in [-0.2, -0.15) is 5.26 Å². The zero-order chi connectivity index (χ0) is 10.8. The maximum Gasteiger partial charge on any atom is 0.270 e. The molecule has 0 bridgehead atoms. The van der Waals surface area contributed by atoms with Gasteiger partial charge in [0.15, 0.2) is 0 Å². The Kier molecular flexibility index (Phi) is 2.82. The smallest absolute Gasteiger partial charge is 0.270 e. The molecule has 0 saturated carbocycles. The lowest BCUT2D eigenvalue weighted by Gasteiger charge is -2.22. The van der Waals surface area contributed by atoms with E-state index in [0.717, 1.165) is 6.92 Å². The minimum absolute atomic E-state index is 0.103. The molecule has 1 rings (SSSR count). The molecular formula is C10H9F2NO. The second-order valence-electron chi connectivity index (χ2n) is 3.14. The molecule has 1 aromatic rings. The molecule has 74 valence electrons. The molecule has 1 N–H and O–H groups in total. The van der Waals surface area contributed by atoms with Crippen LogP contribution in [0.5, 0.6) is 0 Å². The SMILES string of the molecule is C[C@](O)(c1ccc(C#N)cc1)C(F)F. The Morgan fingerprint density at radius 1 is 1.36 bits per heavy atom. The van der Waals surface area contributed by atoms with E-state index in [1.54, 1.807) is 0 Å². The predicted molar refractivity (Wildman–Crippen MR) is 46.7 cm³/mol. The molecule has 0 spiro atoms. The maximum atomic E-state index is 12.4. The van der Waals surface area contributed by atoms with E-state index in [2.05, 4.69) is 0 Å². The van der Waals surface area contributed by atoms with Crippen molar-refractivity contribution in [1.29, 1.82) is 5.26 Å². The normalized spacial score (nSPS) is 14.9. The first-order valence-electron chi connectivity index (χ1n) is 3.99. The lowest BCUT2D eigenvalue weighted by atomic mass is 9.96. The van der Waals surface area contributed by atoms with Crippen molar-refractivity contribution in [1.82, 2.24) is 0 Å². The Morgan fingerprint density at radius 2 is 1.86 bits per heavy atom. The van der Waals surface area contributed by atoms with Gasteiger partial charge in [-0.3, -0.25) is 0 Å². The molecule has 0 aliphatic carbocycles. The lowest BCUT2D eigenvalue weighted by molar-refractivity contribution is -0.0883. The number of rotatable bonds is 2. The predicted octanol–water partition coefficient (Wildman–Crippen LogP) is 2.03. The van der Waals surface area contributed by atoms with Crippen molar-refractivity contribution in [3.8, 4) is 6.07 Å². The molecule has 0 saturated heterocycles. The number of nitrogens with zero attached hydrogens (tertiary/aromatic N) is 1. The van der Waals surface area contributed by atoms with Gasteiger partial charge in [0.2, 0.25) is 0 Å². The van der Waals surface area contributed by atoms with E-state index in [0.29, 0.717) is 5.56 Å². The van der Waals surface area contributed by atoms with Crippen LogP contribution < -0.4 is 0 Å². The van der Waals surface area contributed by atoms with Gasteiger partial charge in [0, 0.05) is 0 Å². The Balaban J connectivity index is 3.04. The summed E-state index contributed by atoms with van der Waals surface area (Å²) in [6, 6.07) is 7.30. The molecule has 1 aromatic carbocycles. The van der Waals surface area contributed by atoms with Crippen molar-refractivity contribution in [3.63, 3.8) is 0 Å². The van der Waals surface area contributed by atoms with E-state index in [1.807, 2.05) is 6.07 Å². The van der Waals surface area contributed by atoms with E-state index in [-0.39, 0.29) is 5.56 Å². The molecule has 0 radical (unpaired) electrons. The van der Waals surface area contributed by atoms with Crippen LogP contribution in [0.4, 0.5) is 8.78 Å². The van der Waals surface area contributed by atoms with Gasteiger partial charge in [-0.25, -0.2) is 8.78 Å². The third-order valence-electron chi connectivity index (χ3n) is 2.02. The van der Waals surface area contributed by atoms with Crippen molar-refractivity contribution in [2.45, 2.75) is 19.0 Å². The van der Waals surface area contributed by atoms with Crippen molar-refractivity contribution in [2.75, 3.05) is 0 Å². The first-order chi connectivity index (χ1) is 6.48. The highest BCUT2D eigenvalue weighted by Gasteiger charge is 2.33. The monoisotopic (exact) mass is 197 g/mol. The highest BCUT2D eigenvalue weighted by Crippen LogP contribution is 2.27. The third-order valence-corrected chi connectivity index (χ3v) is 2.02. The van der Waals surface area contributed by atoms with Crippen LogP contribution in [0.1, 0.15) is 18.1 Å². The first-order valence-corrected chi connectivity index (χ1v) is 3.99. The van der Waals surface area contributed by atoms with E-state index in [4.69, 9.17) is 5.26 Å². The fraction of sp³-hybridized carbons (Fsp3) is 0.300. The maximum absolute atomic E-state index is 12.4. The van der Waals surface area contributed by atoms with E-state index in [9.17, 15) is 13.9 Å². The molecular weight excluding hydrogens is 188 g/mol. The molecule has 0 aromatic heterocycles. The largest absolute Gasteiger partial charge is 0.379 e. The first kappa shape index (κ1) is 10.6. The van der Waals surface area contributed by atoms with Gasteiger partial charge in [-0.15, -0.1) is 0 Å². The summed E-state index contributed by atoms with van der Waals surface area (Å²) in [6.45, 7) is 1.04. The van der Waals surface area contributed by atoms with Crippen molar-refractivity contribution in [2.24, 2.45) is 0 Å². The fourth-order valence-electron chi connectivity index (χ4n) is 1.01. The van der Waals surface area contributed by atoms with Gasteiger partial charge >= 0.3 is 0 Å². The average Bonchev–Trinajstić information content (AvgIpc) is 2.17. The quantitative estimate of drug-likeness (QED) is 0.788. The van der Waals surface area contributed by atoms with Crippen LogP contribution in [0.2, 0.25) is 0 Å². The topological polar surface area (TPSA) is 44.0 Å². The molecule has 14 heavy (non-hydrogen) atoms. The molecule has 4 heteroatoms. The standard InChI is InChI=1S/C10H9F2NO/c1-10(14,9(11)12)8-4-2-7(6-13)3-5-8/h2-5,9,14H,1H3/t10-/m0/s1. The second-order valence-corrected chi connectivity index (χ2v) is 3.14. The number of halogens is 2. The summed E-state index contributed by atoms with van der Waals surface area (Å²) in [5.41, 5.74) is -1.68. The minimum Gasteiger partial charge on any atom is -0.379 e. The van der Waals surface area contributed by atoms with Crippen molar-refractivity contribution < 1.29 is 13.9 Å². The molecule has 0 aliphatic heterocycles. The van der Waals surface area contributed by atoms with Crippen LogP contribution in [0.3, 0.4) is 0 Å². The number of alkyl halides is 2. The summed E-state index contributed by atoms with van der Waals surface area (Å²) in [7, 11) is 0. The number of aliphatic hydroxyl groups is 1. The van der Waals surface area contributed by atoms with E-state index >= 15 is 0 Å². The number of hydrogen-bond donors (Lipinski definition) is 1. The zero-order valence-electron chi connectivity index (χ0n) is 7.54. The second kappa shape index (κ2) is 3.72. The summed E-state index contributed by atoms with van der Waals surface area (Å²) < 4.78 is 24.7.